The zero-order valence-electron chi connectivity index (χ0n) is 8.78. The van der Waals surface area contributed by atoms with E-state index in [0.717, 1.165) is 12.2 Å². The molecule has 0 aliphatic rings. The number of aliphatic hydroxyl groups is 1. The van der Waals surface area contributed by atoms with Crippen molar-refractivity contribution in [3.05, 3.63) is 18.0 Å². The van der Waals surface area contributed by atoms with Crippen LogP contribution in [0.2, 0.25) is 0 Å². The van der Waals surface area contributed by atoms with Crippen LogP contribution in [0, 0.1) is 5.92 Å². The van der Waals surface area contributed by atoms with Gasteiger partial charge in [0.1, 0.15) is 5.60 Å². The maximum absolute atomic E-state index is 10.2. The second-order valence-corrected chi connectivity index (χ2v) is 3.83. The molecular weight excluding hydrogens is 164 g/mol. The smallest absolute Gasteiger partial charge is 0.106 e. The minimum absolute atomic E-state index is 0.189. The van der Waals surface area contributed by atoms with Gasteiger partial charge < -0.3 is 5.11 Å². The Labute approximate surface area is 79.4 Å². The summed E-state index contributed by atoms with van der Waals surface area (Å²) in [7, 11) is 0. The topological polar surface area (TPSA) is 38.0 Å². The summed E-state index contributed by atoms with van der Waals surface area (Å²) in [6.07, 6.45) is 1.73. The molecule has 0 aromatic carbocycles. The lowest BCUT2D eigenvalue weighted by Crippen LogP contribution is -2.31. The number of rotatable bonds is 3. The van der Waals surface area contributed by atoms with Crippen LogP contribution < -0.4 is 0 Å². The van der Waals surface area contributed by atoms with Gasteiger partial charge in [0.25, 0.3) is 0 Å². The van der Waals surface area contributed by atoms with Gasteiger partial charge in [-0.1, -0.05) is 13.8 Å². The second-order valence-electron chi connectivity index (χ2n) is 3.83. The van der Waals surface area contributed by atoms with Gasteiger partial charge in [-0.15, -0.1) is 0 Å². The average Bonchev–Trinajstić information content (AvgIpc) is 2.51. The largest absolute Gasteiger partial charge is 0.384 e. The number of hydrogen-bond acceptors (Lipinski definition) is 2. The third-order valence-corrected chi connectivity index (χ3v) is 2.66. The minimum Gasteiger partial charge on any atom is -0.384 e. The Morgan fingerprint density at radius 2 is 2.23 bits per heavy atom. The second kappa shape index (κ2) is 3.50. The molecule has 1 unspecified atom stereocenters. The molecule has 1 N–H and O–H groups in total. The number of aryl methyl sites for hydroxylation is 1. The average molecular weight is 182 g/mol. The van der Waals surface area contributed by atoms with Crippen molar-refractivity contribution < 1.29 is 5.11 Å². The lowest BCUT2D eigenvalue weighted by Gasteiger charge is -2.28. The molecule has 0 amide bonds. The van der Waals surface area contributed by atoms with Crippen LogP contribution in [0.4, 0.5) is 0 Å². The molecule has 0 saturated heterocycles. The molecule has 0 aliphatic heterocycles. The maximum atomic E-state index is 10.2. The molecular formula is C10H18N2O. The van der Waals surface area contributed by atoms with E-state index < -0.39 is 5.60 Å². The Morgan fingerprint density at radius 1 is 1.62 bits per heavy atom. The molecule has 1 aromatic heterocycles. The summed E-state index contributed by atoms with van der Waals surface area (Å²) in [5.74, 6) is 0.189. The summed E-state index contributed by atoms with van der Waals surface area (Å²) in [5.41, 5.74) is 0.108. The Bertz CT molecular complexity index is 276. The Morgan fingerprint density at radius 3 is 2.69 bits per heavy atom. The van der Waals surface area contributed by atoms with E-state index in [1.807, 2.05) is 38.4 Å². The van der Waals surface area contributed by atoms with Crippen LogP contribution in [0.25, 0.3) is 0 Å². The third kappa shape index (κ3) is 1.75. The quantitative estimate of drug-likeness (QED) is 0.773. The minimum atomic E-state index is -0.785. The zero-order chi connectivity index (χ0) is 10.1. The molecule has 0 fully saturated rings. The van der Waals surface area contributed by atoms with Gasteiger partial charge in [0.05, 0.1) is 5.69 Å². The first-order valence-corrected chi connectivity index (χ1v) is 4.74. The number of nitrogens with zero attached hydrogens (tertiary/aromatic N) is 2. The molecule has 0 saturated carbocycles. The molecule has 1 rings (SSSR count). The molecule has 0 spiro atoms. The fourth-order valence-electron chi connectivity index (χ4n) is 1.31. The first-order chi connectivity index (χ1) is 6.00. The summed E-state index contributed by atoms with van der Waals surface area (Å²) in [6.45, 7) is 8.67. The molecule has 0 aliphatic carbocycles. The van der Waals surface area contributed by atoms with E-state index >= 15 is 0 Å². The van der Waals surface area contributed by atoms with Gasteiger partial charge in [0, 0.05) is 12.7 Å². The highest BCUT2D eigenvalue weighted by Gasteiger charge is 2.30. The summed E-state index contributed by atoms with van der Waals surface area (Å²) >= 11 is 0. The van der Waals surface area contributed by atoms with Gasteiger partial charge in [0.2, 0.25) is 0 Å². The highest BCUT2D eigenvalue weighted by Crippen LogP contribution is 2.28. The van der Waals surface area contributed by atoms with Crippen molar-refractivity contribution in [2.45, 2.75) is 39.8 Å². The van der Waals surface area contributed by atoms with Crippen molar-refractivity contribution in [1.29, 1.82) is 0 Å². The van der Waals surface area contributed by atoms with Crippen molar-refractivity contribution in [3.8, 4) is 0 Å². The van der Waals surface area contributed by atoms with Crippen LogP contribution >= 0.6 is 0 Å². The molecule has 3 nitrogen and oxygen atoms in total. The van der Waals surface area contributed by atoms with Gasteiger partial charge in [0.15, 0.2) is 0 Å². The van der Waals surface area contributed by atoms with E-state index in [2.05, 4.69) is 5.10 Å². The summed E-state index contributed by atoms with van der Waals surface area (Å²) in [6, 6.07) is 1.88. The van der Waals surface area contributed by atoms with Crippen LogP contribution in [0.5, 0.6) is 0 Å². The van der Waals surface area contributed by atoms with Crippen molar-refractivity contribution in [1.82, 2.24) is 9.78 Å². The van der Waals surface area contributed by atoms with Crippen LogP contribution in [0.1, 0.15) is 33.4 Å². The van der Waals surface area contributed by atoms with Crippen molar-refractivity contribution in [2.24, 2.45) is 5.92 Å². The maximum Gasteiger partial charge on any atom is 0.106 e. The highest BCUT2D eigenvalue weighted by molar-refractivity contribution is 5.11. The first-order valence-electron chi connectivity index (χ1n) is 4.74. The van der Waals surface area contributed by atoms with Gasteiger partial charge in [-0.25, -0.2) is 0 Å². The van der Waals surface area contributed by atoms with Gasteiger partial charge in [-0.2, -0.15) is 5.10 Å². The van der Waals surface area contributed by atoms with Crippen molar-refractivity contribution in [3.63, 3.8) is 0 Å². The van der Waals surface area contributed by atoms with E-state index in [9.17, 15) is 5.11 Å². The Hall–Kier alpha value is -0.830. The molecule has 1 atom stereocenters. The fraction of sp³-hybridized carbons (Fsp3) is 0.700. The predicted octanol–water partition coefficient (Wildman–Crippen LogP) is 1.77. The predicted molar refractivity (Wildman–Crippen MR) is 52.3 cm³/mol. The number of aromatic nitrogens is 2. The number of hydrogen-bond donors (Lipinski definition) is 1. The van der Waals surface area contributed by atoms with E-state index in [1.165, 1.54) is 0 Å². The van der Waals surface area contributed by atoms with E-state index in [0.29, 0.717) is 0 Å². The summed E-state index contributed by atoms with van der Waals surface area (Å²) < 4.78 is 1.83. The molecule has 0 bridgehead atoms. The van der Waals surface area contributed by atoms with Gasteiger partial charge in [-0.3, -0.25) is 4.68 Å². The Balaban J connectivity index is 3.06. The first kappa shape index (κ1) is 10.3. The van der Waals surface area contributed by atoms with Crippen molar-refractivity contribution in [2.75, 3.05) is 0 Å². The summed E-state index contributed by atoms with van der Waals surface area (Å²) in [5, 5.41) is 14.3. The van der Waals surface area contributed by atoms with E-state index in [-0.39, 0.29) is 5.92 Å². The Kier molecular flexibility index (Phi) is 2.76. The molecule has 1 heterocycles. The molecule has 74 valence electrons. The lowest BCUT2D eigenvalue weighted by atomic mass is 9.89. The van der Waals surface area contributed by atoms with E-state index in [1.54, 1.807) is 6.20 Å². The molecule has 0 radical (unpaired) electrons. The molecule has 1 aromatic rings. The fourth-order valence-corrected chi connectivity index (χ4v) is 1.31. The molecule has 13 heavy (non-hydrogen) atoms. The van der Waals surface area contributed by atoms with Crippen LogP contribution in [0.3, 0.4) is 0 Å². The van der Waals surface area contributed by atoms with Crippen LogP contribution in [0.15, 0.2) is 12.3 Å². The monoisotopic (exact) mass is 182 g/mol. The van der Waals surface area contributed by atoms with Crippen LogP contribution in [-0.2, 0) is 12.1 Å². The normalized spacial score (nSPS) is 16.2. The SMILES string of the molecule is CCn1nccc1C(C)(O)C(C)C. The summed E-state index contributed by atoms with van der Waals surface area (Å²) in [4.78, 5) is 0. The zero-order valence-corrected chi connectivity index (χ0v) is 8.78. The van der Waals surface area contributed by atoms with Crippen molar-refractivity contribution >= 4 is 0 Å². The van der Waals surface area contributed by atoms with E-state index in [4.69, 9.17) is 0 Å². The lowest BCUT2D eigenvalue weighted by molar-refractivity contribution is 0.000636. The standard InChI is InChI=1S/C10H18N2O/c1-5-12-9(6-7-11-12)10(4,13)8(2)3/h6-8,13H,5H2,1-4H3. The van der Waals surface area contributed by atoms with Gasteiger partial charge in [-0.05, 0) is 25.8 Å². The molecule has 3 heteroatoms. The third-order valence-electron chi connectivity index (χ3n) is 2.66. The highest BCUT2D eigenvalue weighted by atomic mass is 16.3. The van der Waals surface area contributed by atoms with Gasteiger partial charge >= 0.3 is 0 Å². The van der Waals surface area contributed by atoms with Crippen LogP contribution in [-0.4, -0.2) is 14.9 Å².